The lowest BCUT2D eigenvalue weighted by atomic mass is 9.55. The van der Waals surface area contributed by atoms with Gasteiger partial charge in [-0.2, -0.15) is 0 Å². The molecular formula is C23H36NO4+. The fourth-order valence-corrected chi connectivity index (χ4v) is 6.53. The molecule has 0 unspecified atom stereocenters. The van der Waals surface area contributed by atoms with E-state index in [0.29, 0.717) is 18.4 Å². The highest BCUT2D eigenvalue weighted by atomic mass is 16.6. The Hall–Kier alpha value is -1.36. The number of piperidine rings is 1. The molecule has 156 valence electrons. The normalized spacial score (nSPS) is 43.1. The van der Waals surface area contributed by atoms with Gasteiger partial charge in [-0.15, -0.1) is 0 Å². The van der Waals surface area contributed by atoms with Crippen LogP contribution in [0.2, 0.25) is 0 Å². The van der Waals surface area contributed by atoms with Gasteiger partial charge >= 0.3 is 11.9 Å². The summed E-state index contributed by atoms with van der Waals surface area (Å²) >= 11 is 0. The van der Waals surface area contributed by atoms with E-state index >= 15 is 0 Å². The Morgan fingerprint density at radius 3 is 2.82 bits per heavy atom. The minimum Gasteiger partial charge on any atom is -0.466 e. The van der Waals surface area contributed by atoms with Gasteiger partial charge in [0.15, 0.2) is 0 Å². The number of ether oxygens (including phenoxy) is 2. The van der Waals surface area contributed by atoms with E-state index in [1.165, 1.54) is 23.3 Å². The maximum atomic E-state index is 12.7. The van der Waals surface area contributed by atoms with Gasteiger partial charge in [0, 0.05) is 18.8 Å². The molecule has 2 aliphatic carbocycles. The standard InChI is InChI=1S/C23H35NO4/c1-4-27-21(25)16-7-10-24(11-8-16)14-18-17-12-19-15(2)6-5-9-23(19,3)13-20(17)28-22(18)26/h16-20H,2,4-14H2,1,3H3/p+1/t17-,18-,19+,20-,23-/m1/s1. The summed E-state index contributed by atoms with van der Waals surface area (Å²) in [6.07, 6.45) is 7.49. The van der Waals surface area contributed by atoms with Crippen LogP contribution in [0.25, 0.3) is 0 Å². The van der Waals surface area contributed by atoms with Crippen molar-refractivity contribution in [3.8, 4) is 0 Å². The molecule has 5 atom stereocenters. The third-order valence-corrected chi connectivity index (χ3v) is 8.14. The molecule has 0 aromatic rings. The highest BCUT2D eigenvalue weighted by Crippen LogP contribution is 2.56. The first-order chi connectivity index (χ1) is 13.4. The third-order valence-electron chi connectivity index (χ3n) is 8.14. The molecule has 5 heteroatoms. The van der Waals surface area contributed by atoms with Crippen LogP contribution < -0.4 is 4.90 Å². The van der Waals surface area contributed by atoms with E-state index in [-0.39, 0.29) is 35.3 Å². The third kappa shape index (κ3) is 3.62. The molecule has 0 aromatic heterocycles. The zero-order chi connectivity index (χ0) is 19.9. The van der Waals surface area contributed by atoms with Crippen LogP contribution >= 0.6 is 0 Å². The van der Waals surface area contributed by atoms with Crippen LogP contribution in [0.5, 0.6) is 0 Å². The van der Waals surface area contributed by atoms with Crippen LogP contribution in [0, 0.1) is 29.1 Å². The summed E-state index contributed by atoms with van der Waals surface area (Å²) in [4.78, 5) is 26.1. The first-order valence-corrected chi connectivity index (χ1v) is 11.3. The molecule has 2 saturated carbocycles. The molecule has 2 heterocycles. The average Bonchev–Trinajstić information content (AvgIpc) is 2.95. The van der Waals surface area contributed by atoms with E-state index in [0.717, 1.165) is 51.7 Å². The number of allylic oxidation sites excluding steroid dienone is 1. The smallest absolute Gasteiger partial charge is 0.315 e. The second-order valence-corrected chi connectivity index (χ2v) is 9.88. The molecule has 4 fully saturated rings. The van der Waals surface area contributed by atoms with Gasteiger partial charge in [-0.25, -0.2) is 0 Å². The van der Waals surface area contributed by atoms with Gasteiger partial charge in [0.25, 0.3) is 0 Å². The largest absolute Gasteiger partial charge is 0.466 e. The van der Waals surface area contributed by atoms with Crippen molar-refractivity contribution in [3.63, 3.8) is 0 Å². The minimum atomic E-state index is -0.0516. The molecule has 0 bridgehead atoms. The van der Waals surface area contributed by atoms with Crippen LogP contribution in [0.1, 0.15) is 58.8 Å². The highest BCUT2D eigenvalue weighted by molar-refractivity contribution is 5.75. The summed E-state index contributed by atoms with van der Waals surface area (Å²) in [5.74, 6) is 0.901. The highest BCUT2D eigenvalue weighted by Gasteiger charge is 2.56. The Morgan fingerprint density at radius 1 is 1.36 bits per heavy atom. The fourth-order valence-electron chi connectivity index (χ4n) is 6.53. The molecule has 0 aromatic carbocycles. The van der Waals surface area contributed by atoms with Crippen molar-refractivity contribution >= 4 is 11.9 Å². The minimum absolute atomic E-state index is 0.0124. The number of carbonyl (C=O) groups is 2. The Labute approximate surface area is 168 Å². The van der Waals surface area contributed by atoms with E-state index in [1.807, 2.05) is 6.92 Å². The number of nitrogens with one attached hydrogen (secondary N) is 1. The second-order valence-electron chi connectivity index (χ2n) is 9.88. The quantitative estimate of drug-likeness (QED) is 0.590. The van der Waals surface area contributed by atoms with Crippen LogP contribution in [-0.4, -0.2) is 44.3 Å². The van der Waals surface area contributed by atoms with Crippen molar-refractivity contribution in [3.05, 3.63) is 12.2 Å². The maximum absolute atomic E-state index is 12.7. The van der Waals surface area contributed by atoms with Crippen molar-refractivity contribution in [2.24, 2.45) is 29.1 Å². The number of carbonyl (C=O) groups excluding carboxylic acids is 2. The predicted octanol–water partition coefficient (Wildman–Crippen LogP) is 2.16. The van der Waals surface area contributed by atoms with Crippen molar-refractivity contribution in [2.45, 2.75) is 64.9 Å². The predicted molar refractivity (Wildman–Crippen MR) is 106 cm³/mol. The number of hydrogen-bond donors (Lipinski definition) is 1. The molecule has 0 amide bonds. The van der Waals surface area contributed by atoms with E-state index in [2.05, 4.69) is 13.5 Å². The van der Waals surface area contributed by atoms with E-state index < -0.39 is 0 Å². The molecule has 0 radical (unpaired) electrons. The van der Waals surface area contributed by atoms with E-state index in [1.54, 1.807) is 0 Å². The second kappa shape index (κ2) is 7.81. The Balaban J connectivity index is 1.38. The Kier molecular flexibility index (Phi) is 5.56. The van der Waals surface area contributed by atoms with Gasteiger partial charge in [-0.1, -0.05) is 19.1 Å². The van der Waals surface area contributed by atoms with Crippen molar-refractivity contribution < 1.29 is 24.0 Å². The first-order valence-electron chi connectivity index (χ1n) is 11.3. The lowest BCUT2D eigenvalue weighted by Gasteiger charge is -2.50. The zero-order valence-electron chi connectivity index (χ0n) is 17.5. The Bertz CT molecular complexity index is 639. The summed E-state index contributed by atoms with van der Waals surface area (Å²) in [6.45, 7) is 11.8. The molecule has 4 aliphatic rings. The van der Waals surface area contributed by atoms with E-state index in [9.17, 15) is 9.59 Å². The molecule has 5 nitrogen and oxygen atoms in total. The summed E-state index contributed by atoms with van der Waals surface area (Å²) < 4.78 is 11.1. The van der Waals surface area contributed by atoms with Gasteiger partial charge in [0.05, 0.1) is 32.2 Å². The van der Waals surface area contributed by atoms with Crippen LogP contribution in [0.4, 0.5) is 0 Å². The lowest BCUT2D eigenvalue weighted by Crippen LogP contribution is -3.14. The van der Waals surface area contributed by atoms with E-state index in [4.69, 9.17) is 9.47 Å². The average molecular weight is 391 g/mol. The van der Waals surface area contributed by atoms with Gasteiger partial charge in [-0.3, -0.25) is 9.59 Å². The summed E-state index contributed by atoms with van der Waals surface area (Å²) in [5.41, 5.74) is 1.66. The molecule has 28 heavy (non-hydrogen) atoms. The molecule has 2 aliphatic heterocycles. The monoisotopic (exact) mass is 390 g/mol. The van der Waals surface area contributed by atoms with Crippen molar-refractivity contribution in [2.75, 3.05) is 26.2 Å². The van der Waals surface area contributed by atoms with Crippen LogP contribution in [0.3, 0.4) is 0 Å². The number of esters is 2. The van der Waals surface area contributed by atoms with Crippen molar-refractivity contribution in [1.29, 1.82) is 0 Å². The number of quaternary nitrogens is 1. The van der Waals surface area contributed by atoms with Gasteiger partial charge in [0.2, 0.25) is 0 Å². The summed E-state index contributed by atoms with van der Waals surface area (Å²) in [5, 5.41) is 0. The molecule has 1 N–H and O–H groups in total. The molecular weight excluding hydrogens is 354 g/mol. The van der Waals surface area contributed by atoms with Crippen molar-refractivity contribution in [1.82, 2.24) is 0 Å². The maximum Gasteiger partial charge on any atom is 0.315 e. The number of hydrogen-bond acceptors (Lipinski definition) is 4. The number of likely N-dealkylation sites (tertiary alicyclic amines) is 1. The molecule has 2 saturated heterocycles. The zero-order valence-corrected chi connectivity index (χ0v) is 17.5. The topological polar surface area (TPSA) is 57.0 Å². The fraction of sp³-hybridized carbons (Fsp3) is 0.826. The van der Waals surface area contributed by atoms with Gasteiger partial charge in [0.1, 0.15) is 12.0 Å². The van der Waals surface area contributed by atoms with Crippen LogP contribution in [-0.2, 0) is 19.1 Å². The Morgan fingerprint density at radius 2 is 2.11 bits per heavy atom. The summed E-state index contributed by atoms with van der Waals surface area (Å²) in [6, 6.07) is 0. The molecule has 4 rings (SSSR count). The first kappa shape index (κ1) is 19.9. The summed E-state index contributed by atoms with van der Waals surface area (Å²) in [7, 11) is 0. The van der Waals surface area contributed by atoms with Gasteiger partial charge in [-0.05, 0) is 50.4 Å². The number of fused-ring (bicyclic) bond motifs is 2. The van der Waals surface area contributed by atoms with Crippen LogP contribution in [0.15, 0.2) is 12.2 Å². The number of rotatable bonds is 4. The van der Waals surface area contributed by atoms with Gasteiger partial charge < -0.3 is 14.4 Å². The lowest BCUT2D eigenvalue weighted by molar-refractivity contribution is -0.908. The molecule has 0 spiro atoms. The SMILES string of the molecule is C=C1CCC[C@]2(C)C[C@H]3OC(=O)[C@H](C[NH+]4CCC(C(=O)OCC)CC4)[C@H]3C[C@@H]12.